The topological polar surface area (TPSA) is 71.8 Å². The van der Waals surface area contributed by atoms with Crippen LogP contribution in [0.3, 0.4) is 0 Å². The average Bonchev–Trinajstić information content (AvgIpc) is 2.93. The van der Waals surface area contributed by atoms with E-state index in [2.05, 4.69) is 15.2 Å². The second kappa shape index (κ2) is 5.82. The largest absolute Gasteiger partial charge is 0.294 e. The van der Waals surface area contributed by atoms with Gasteiger partial charge in [0.1, 0.15) is 21.9 Å². The summed E-state index contributed by atoms with van der Waals surface area (Å²) in [6.07, 6.45) is 0. The maximum atomic E-state index is 12.3. The van der Waals surface area contributed by atoms with Crippen molar-refractivity contribution >= 4 is 50.4 Å². The third-order valence-electron chi connectivity index (χ3n) is 4.12. The molecule has 0 aliphatic carbocycles. The highest BCUT2D eigenvalue weighted by molar-refractivity contribution is 7.21. The van der Waals surface area contributed by atoms with Crippen molar-refractivity contribution in [2.24, 2.45) is 10.2 Å². The number of carbonyl (C=O) groups excluding carboxylic acids is 2. The first-order valence-electron chi connectivity index (χ1n) is 7.62. The van der Waals surface area contributed by atoms with Crippen molar-refractivity contribution in [1.82, 2.24) is 4.98 Å². The van der Waals surface area contributed by atoms with E-state index in [1.54, 1.807) is 19.1 Å². The Kier molecular flexibility index (Phi) is 3.74. The maximum Gasteiger partial charge on any atom is 0.198 e. The molecule has 5 nitrogen and oxygen atoms in total. The van der Waals surface area contributed by atoms with Gasteiger partial charge in [0.2, 0.25) is 0 Å². The molecule has 0 saturated carbocycles. The minimum atomic E-state index is -0.0872. The number of hydrogen-bond acceptors (Lipinski definition) is 6. The Labute approximate surface area is 152 Å². The third kappa shape index (κ3) is 2.49. The number of hydrogen-bond donors (Lipinski definition) is 0. The monoisotopic (exact) mass is 369 g/mol. The maximum absolute atomic E-state index is 12.3. The Balaban J connectivity index is 2.19. The highest BCUT2D eigenvalue weighted by Gasteiger charge is 2.28. The summed E-state index contributed by atoms with van der Waals surface area (Å²) >= 11 is 7.31. The molecule has 4 rings (SSSR count). The first-order chi connectivity index (χ1) is 12.0. The summed E-state index contributed by atoms with van der Waals surface area (Å²) in [4.78, 5) is 30.3. The molecule has 1 aliphatic rings. The van der Waals surface area contributed by atoms with Crippen molar-refractivity contribution in [2.75, 3.05) is 6.54 Å². The minimum Gasteiger partial charge on any atom is -0.294 e. The highest BCUT2D eigenvalue weighted by atomic mass is 35.5. The summed E-state index contributed by atoms with van der Waals surface area (Å²) in [5.41, 5.74) is 3.24. The Morgan fingerprint density at radius 1 is 1.24 bits per heavy atom. The number of carbonyl (C=O) groups is 2. The van der Waals surface area contributed by atoms with Crippen molar-refractivity contribution in [3.8, 4) is 11.1 Å². The molecular weight excluding hydrogens is 358 g/mol. The van der Waals surface area contributed by atoms with Crippen LogP contribution in [-0.4, -0.2) is 23.1 Å². The van der Waals surface area contributed by atoms with Crippen LogP contribution < -0.4 is 0 Å². The second-order valence-electron chi connectivity index (χ2n) is 5.79. The molecule has 3 heterocycles. The molecule has 0 N–H and O–H groups in total. The Morgan fingerprint density at radius 3 is 2.64 bits per heavy atom. The fraction of sp³-hybridized carbons (Fsp3) is 0.167. The van der Waals surface area contributed by atoms with E-state index in [-0.39, 0.29) is 18.1 Å². The van der Waals surface area contributed by atoms with Gasteiger partial charge in [0, 0.05) is 21.5 Å². The molecular formula is C18H12ClN3O2S. The van der Waals surface area contributed by atoms with Gasteiger partial charge in [-0.15, -0.1) is 11.3 Å². The molecule has 124 valence electrons. The van der Waals surface area contributed by atoms with E-state index < -0.39 is 0 Å². The molecule has 0 unspecified atom stereocenters. The van der Waals surface area contributed by atoms with Gasteiger partial charge in [-0.2, -0.15) is 10.2 Å². The van der Waals surface area contributed by atoms with Crippen LogP contribution in [0.15, 0.2) is 34.5 Å². The van der Waals surface area contributed by atoms with Gasteiger partial charge in [0.25, 0.3) is 0 Å². The van der Waals surface area contributed by atoms with Gasteiger partial charge in [-0.3, -0.25) is 9.59 Å². The van der Waals surface area contributed by atoms with Crippen LogP contribution in [0.1, 0.15) is 32.6 Å². The van der Waals surface area contributed by atoms with Gasteiger partial charge in [-0.25, -0.2) is 4.98 Å². The van der Waals surface area contributed by atoms with Crippen LogP contribution in [0.2, 0.25) is 5.02 Å². The second-order valence-corrected chi connectivity index (χ2v) is 7.23. The highest BCUT2D eigenvalue weighted by Crippen LogP contribution is 2.46. The summed E-state index contributed by atoms with van der Waals surface area (Å²) in [5.74, 6) is -0.159. The van der Waals surface area contributed by atoms with Crippen LogP contribution in [0.4, 0.5) is 5.69 Å². The predicted octanol–water partition coefficient (Wildman–Crippen LogP) is 5.41. The van der Waals surface area contributed by atoms with Gasteiger partial charge >= 0.3 is 0 Å². The first-order valence-corrected chi connectivity index (χ1v) is 8.81. The Bertz CT molecular complexity index is 1080. The molecule has 1 aliphatic heterocycles. The number of fused-ring (bicyclic) bond motifs is 3. The number of aromatic nitrogens is 1. The van der Waals surface area contributed by atoms with E-state index in [0.717, 1.165) is 11.1 Å². The van der Waals surface area contributed by atoms with Crippen LogP contribution in [0.25, 0.3) is 21.3 Å². The molecule has 0 saturated heterocycles. The number of rotatable bonds is 2. The molecule has 0 atom stereocenters. The predicted molar refractivity (Wildman–Crippen MR) is 98.5 cm³/mol. The fourth-order valence-electron chi connectivity index (χ4n) is 3.09. The van der Waals surface area contributed by atoms with E-state index in [1.165, 1.54) is 18.3 Å². The number of aryl methyl sites for hydroxylation is 1. The van der Waals surface area contributed by atoms with Crippen molar-refractivity contribution in [3.05, 3.63) is 45.4 Å². The van der Waals surface area contributed by atoms with Crippen LogP contribution in [-0.2, 0) is 0 Å². The van der Waals surface area contributed by atoms with E-state index >= 15 is 0 Å². The number of benzene rings is 1. The van der Waals surface area contributed by atoms with Gasteiger partial charge in [0.15, 0.2) is 11.6 Å². The standard InChI is InChI=1S/C18H12ClN3O2S/c1-8-13(9(2)23)14(10-3-5-11(19)6-4-10)15-16-17(25-18(15)21-8)12(24)7-20-22-16/h3-6H,7H2,1-2H3. The van der Waals surface area contributed by atoms with Crippen molar-refractivity contribution in [1.29, 1.82) is 0 Å². The van der Waals surface area contributed by atoms with Crippen LogP contribution in [0, 0.1) is 6.92 Å². The number of thiophene rings is 1. The smallest absolute Gasteiger partial charge is 0.198 e. The SMILES string of the molecule is CC(=O)c1c(C)nc2sc3c(c2c1-c1ccc(Cl)cc1)N=NCC3=O. The zero-order valence-corrected chi connectivity index (χ0v) is 15.0. The number of ketones is 2. The normalized spacial score (nSPS) is 13.3. The van der Waals surface area contributed by atoms with E-state index in [9.17, 15) is 9.59 Å². The van der Waals surface area contributed by atoms with Crippen LogP contribution in [0.5, 0.6) is 0 Å². The van der Waals surface area contributed by atoms with Gasteiger partial charge in [0.05, 0.1) is 5.69 Å². The van der Waals surface area contributed by atoms with Gasteiger partial charge < -0.3 is 0 Å². The Hall–Kier alpha value is -2.44. The molecule has 7 heteroatoms. The fourth-order valence-corrected chi connectivity index (χ4v) is 4.31. The minimum absolute atomic E-state index is 0.0502. The molecule has 0 amide bonds. The molecule has 0 spiro atoms. The van der Waals surface area contributed by atoms with Gasteiger partial charge in [-0.05, 0) is 31.5 Å². The zero-order valence-electron chi connectivity index (χ0n) is 13.5. The third-order valence-corrected chi connectivity index (χ3v) is 5.48. The lowest BCUT2D eigenvalue weighted by molar-refractivity contribution is 0.0998. The molecule has 3 aromatic rings. The summed E-state index contributed by atoms with van der Waals surface area (Å²) in [6, 6.07) is 7.26. The van der Waals surface area contributed by atoms with E-state index in [4.69, 9.17) is 11.6 Å². The summed E-state index contributed by atoms with van der Waals surface area (Å²) in [5, 5.41) is 9.43. The molecule has 2 aromatic heterocycles. The lowest BCUT2D eigenvalue weighted by Gasteiger charge is -2.13. The van der Waals surface area contributed by atoms with Crippen molar-refractivity contribution in [2.45, 2.75) is 13.8 Å². The summed E-state index contributed by atoms with van der Waals surface area (Å²) in [7, 11) is 0. The lowest BCUT2D eigenvalue weighted by atomic mass is 9.93. The number of nitrogens with zero attached hydrogens (tertiary/aromatic N) is 3. The van der Waals surface area contributed by atoms with Crippen molar-refractivity contribution in [3.63, 3.8) is 0 Å². The van der Waals surface area contributed by atoms with Gasteiger partial charge in [-0.1, -0.05) is 23.7 Å². The van der Waals surface area contributed by atoms with E-state index in [1.807, 2.05) is 12.1 Å². The number of Topliss-reactive ketones (excluding diaryl/α,β-unsaturated/α-hetero) is 2. The average molecular weight is 370 g/mol. The molecule has 0 fully saturated rings. The lowest BCUT2D eigenvalue weighted by Crippen LogP contribution is -2.04. The number of pyridine rings is 1. The summed E-state index contributed by atoms with van der Waals surface area (Å²) < 4.78 is 0. The number of halogens is 1. The van der Waals surface area contributed by atoms with E-state index in [0.29, 0.717) is 37.1 Å². The van der Waals surface area contributed by atoms with Crippen LogP contribution >= 0.6 is 22.9 Å². The molecule has 0 bridgehead atoms. The first kappa shape index (κ1) is 16.1. The molecule has 25 heavy (non-hydrogen) atoms. The molecule has 1 aromatic carbocycles. The quantitative estimate of drug-likeness (QED) is 0.567. The summed E-state index contributed by atoms with van der Waals surface area (Å²) in [6.45, 7) is 3.37. The Morgan fingerprint density at radius 2 is 1.96 bits per heavy atom. The number of azo groups is 1. The van der Waals surface area contributed by atoms with Crippen molar-refractivity contribution < 1.29 is 9.59 Å². The molecule has 0 radical (unpaired) electrons. The zero-order chi connectivity index (χ0) is 17.7.